The number of ether oxygens (including phenoxy) is 2. The summed E-state index contributed by atoms with van der Waals surface area (Å²) < 4.78 is 11.0. The third kappa shape index (κ3) is 6.52. The number of hydrogen-bond donors (Lipinski definition) is 1. The first-order chi connectivity index (χ1) is 12.8. The van der Waals surface area contributed by atoms with Crippen LogP contribution in [0.5, 0.6) is 11.5 Å². The van der Waals surface area contributed by atoms with E-state index in [0.717, 1.165) is 17.0 Å². The zero-order valence-corrected chi connectivity index (χ0v) is 17.6. The molecule has 1 aromatic heterocycles. The molecule has 0 saturated carbocycles. The highest BCUT2D eigenvalue weighted by Gasteiger charge is 2.13. The van der Waals surface area contributed by atoms with Gasteiger partial charge in [-0.15, -0.1) is 10.2 Å². The Balaban J connectivity index is 2.07. The van der Waals surface area contributed by atoms with Crippen molar-refractivity contribution in [3.63, 3.8) is 0 Å². The van der Waals surface area contributed by atoms with E-state index in [2.05, 4.69) is 29.4 Å². The van der Waals surface area contributed by atoms with Gasteiger partial charge in [-0.1, -0.05) is 36.8 Å². The van der Waals surface area contributed by atoms with Crippen LogP contribution in [0.2, 0.25) is 5.02 Å². The number of benzene rings is 1. The molecular weight excluding hydrogens is 386 g/mol. The Morgan fingerprint density at radius 1 is 1.30 bits per heavy atom. The molecule has 1 heterocycles. The van der Waals surface area contributed by atoms with Gasteiger partial charge in [0.25, 0.3) is 0 Å². The molecule has 6 nitrogen and oxygen atoms in total. The van der Waals surface area contributed by atoms with Gasteiger partial charge in [0, 0.05) is 12.5 Å². The van der Waals surface area contributed by atoms with E-state index in [9.17, 15) is 4.79 Å². The van der Waals surface area contributed by atoms with Crippen molar-refractivity contribution in [1.29, 1.82) is 0 Å². The molecule has 1 aromatic carbocycles. The molecule has 146 valence electrons. The normalized spacial score (nSPS) is 11.4. The monoisotopic (exact) mass is 409 g/mol. The van der Waals surface area contributed by atoms with Crippen molar-refractivity contribution < 1.29 is 14.3 Å². The van der Waals surface area contributed by atoms with Crippen molar-refractivity contribution in [3.8, 4) is 11.5 Å². The summed E-state index contributed by atoms with van der Waals surface area (Å²) in [7, 11) is 1.54. The van der Waals surface area contributed by atoms with E-state index in [1.165, 1.54) is 17.4 Å². The van der Waals surface area contributed by atoms with Crippen molar-refractivity contribution in [2.75, 3.05) is 12.4 Å². The zero-order chi connectivity index (χ0) is 20.0. The number of anilines is 1. The third-order valence-electron chi connectivity index (χ3n) is 3.31. The summed E-state index contributed by atoms with van der Waals surface area (Å²) in [6.07, 6.45) is 3.87. The Kier molecular flexibility index (Phi) is 7.62. The number of rotatable bonds is 8. The molecule has 2 aromatic rings. The predicted octanol–water partition coefficient (Wildman–Crippen LogP) is 4.84. The summed E-state index contributed by atoms with van der Waals surface area (Å²) in [5.74, 6) is 1.20. The van der Waals surface area contributed by atoms with Gasteiger partial charge in [-0.3, -0.25) is 10.1 Å². The maximum atomic E-state index is 12.1. The lowest BCUT2D eigenvalue weighted by Crippen LogP contribution is -2.08. The molecule has 2 rings (SSSR count). The van der Waals surface area contributed by atoms with E-state index in [4.69, 9.17) is 21.1 Å². The molecule has 0 aliphatic heterocycles. The number of methoxy groups -OCH3 is 1. The average molecular weight is 410 g/mol. The number of amides is 1. The van der Waals surface area contributed by atoms with E-state index >= 15 is 0 Å². The molecular formula is C19H24ClN3O3S. The Bertz CT molecular complexity index is 819. The van der Waals surface area contributed by atoms with Crippen LogP contribution in [0.25, 0.3) is 6.08 Å². The number of halogens is 1. The highest BCUT2D eigenvalue weighted by atomic mass is 35.5. The van der Waals surface area contributed by atoms with Gasteiger partial charge in [0.15, 0.2) is 11.5 Å². The van der Waals surface area contributed by atoms with Gasteiger partial charge in [0.1, 0.15) is 5.01 Å². The van der Waals surface area contributed by atoms with Gasteiger partial charge in [-0.2, -0.15) is 0 Å². The first-order valence-electron chi connectivity index (χ1n) is 8.64. The second-order valence-electron chi connectivity index (χ2n) is 6.62. The largest absolute Gasteiger partial charge is 0.493 e. The SMILES string of the molecule is COc1cc(/C=C/C(=O)Nc2nnc(CC(C)C)s2)cc(Cl)c1OC(C)C. The summed E-state index contributed by atoms with van der Waals surface area (Å²) in [6, 6.07) is 3.48. The first-order valence-corrected chi connectivity index (χ1v) is 9.83. The molecule has 8 heteroatoms. The molecule has 1 amide bonds. The van der Waals surface area contributed by atoms with Gasteiger partial charge in [0.05, 0.1) is 18.2 Å². The van der Waals surface area contributed by atoms with Crippen molar-refractivity contribution in [2.45, 2.75) is 40.2 Å². The third-order valence-corrected chi connectivity index (χ3v) is 4.45. The highest BCUT2D eigenvalue weighted by molar-refractivity contribution is 7.15. The molecule has 0 aliphatic rings. The number of aromatic nitrogens is 2. The minimum Gasteiger partial charge on any atom is -0.493 e. The quantitative estimate of drug-likeness (QED) is 0.631. The lowest BCUT2D eigenvalue weighted by molar-refractivity contribution is -0.111. The minimum absolute atomic E-state index is 0.0314. The van der Waals surface area contributed by atoms with Crippen LogP contribution in [0.1, 0.15) is 38.3 Å². The fourth-order valence-electron chi connectivity index (χ4n) is 2.24. The van der Waals surface area contributed by atoms with Gasteiger partial charge in [-0.05, 0) is 43.5 Å². The second-order valence-corrected chi connectivity index (χ2v) is 8.09. The van der Waals surface area contributed by atoms with E-state index in [-0.39, 0.29) is 12.0 Å². The van der Waals surface area contributed by atoms with Crippen LogP contribution < -0.4 is 14.8 Å². The summed E-state index contributed by atoms with van der Waals surface area (Å²) in [5, 5.41) is 12.6. The standard InChI is InChI=1S/C19H24ClN3O3S/c1-11(2)8-17-22-23-19(27-17)21-16(24)7-6-13-9-14(20)18(26-12(3)4)15(10-13)25-5/h6-7,9-12H,8H2,1-5H3,(H,21,23,24)/b7-6+. The van der Waals surface area contributed by atoms with Crippen LogP contribution >= 0.6 is 22.9 Å². The molecule has 27 heavy (non-hydrogen) atoms. The Labute approximate surface area is 168 Å². The van der Waals surface area contributed by atoms with Gasteiger partial charge in [0.2, 0.25) is 11.0 Å². The molecule has 0 unspecified atom stereocenters. The fraction of sp³-hybridized carbons (Fsp3) is 0.421. The van der Waals surface area contributed by atoms with Crippen molar-refractivity contribution >= 4 is 40.1 Å². The smallest absolute Gasteiger partial charge is 0.250 e. The first kappa shape index (κ1) is 21.2. The molecule has 0 spiro atoms. The van der Waals surface area contributed by atoms with Gasteiger partial charge >= 0.3 is 0 Å². The Morgan fingerprint density at radius 3 is 2.67 bits per heavy atom. The number of hydrogen-bond acceptors (Lipinski definition) is 6. The van der Waals surface area contributed by atoms with E-state index in [0.29, 0.717) is 27.6 Å². The highest BCUT2D eigenvalue weighted by Crippen LogP contribution is 2.37. The number of carbonyl (C=O) groups excluding carboxylic acids is 1. The lowest BCUT2D eigenvalue weighted by Gasteiger charge is -2.15. The van der Waals surface area contributed by atoms with Crippen molar-refractivity contribution in [3.05, 3.63) is 33.8 Å². The number of nitrogens with one attached hydrogen (secondary N) is 1. The summed E-state index contributed by atoms with van der Waals surface area (Å²) in [4.78, 5) is 12.1. The molecule has 0 bridgehead atoms. The van der Waals surface area contributed by atoms with Crippen LogP contribution in [-0.4, -0.2) is 29.3 Å². The molecule has 0 saturated heterocycles. The maximum absolute atomic E-state index is 12.1. The maximum Gasteiger partial charge on any atom is 0.250 e. The van der Waals surface area contributed by atoms with Crippen LogP contribution in [-0.2, 0) is 11.2 Å². The predicted molar refractivity (Wildman–Crippen MR) is 110 cm³/mol. The van der Waals surface area contributed by atoms with Crippen molar-refractivity contribution in [1.82, 2.24) is 10.2 Å². The zero-order valence-electron chi connectivity index (χ0n) is 16.1. The van der Waals surface area contributed by atoms with E-state index < -0.39 is 0 Å². The van der Waals surface area contributed by atoms with Crippen LogP contribution in [0.4, 0.5) is 5.13 Å². The summed E-state index contributed by atoms with van der Waals surface area (Å²) >= 11 is 7.67. The van der Waals surface area contributed by atoms with Crippen molar-refractivity contribution in [2.24, 2.45) is 5.92 Å². The number of nitrogens with zero attached hydrogens (tertiary/aromatic N) is 2. The molecule has 0 atom stereocenters. The molecule has 0 radical (unpaired) electrons. The minimum atomic E-state index is -0.292. The summed E-state index contributed by atoms with van der Waals surface area (Å²) in [6.45, 7) is 8.04. The van der Waals surface area contributed by atoms with Crippen LogP contribution in [0.3, 0.4) is 0 Å². The molecule has 0 aliphatic carbocycles. The molecule has 1 N–H and O–H groups in total. The van der Waals surface area contributed by atoms with Gasteiger partial charge < -0.3 is 9.47 Å². The average Bonchev–Trinajstić information content (AvgIpc) is 3.00. The van der Waals surface area contributed by atoms with E-state index in [1.807, 2.05) is 13.8 Å². The summed E-state index contributed by atoms with van der Waals surface area (Å²) in [5.41, 5.74) is 0.723. The van der Waals surface area contributed by atoms with Crippen LogP contribution in [0, 0.1) is 5.92 Å². The Morgan fingerprint density at radius 2 is 2.04 bits per heavy atom. The number of carbonyl (C=O) groups is 1. The topological polar surface area (TPSA) is 73.3 Å². The Hall–Kier alpha value is -2.12. The van der Waals surface area contributed by atoms with E-state index in [1.54, 1.807) is 25.3 Å². The molecule has 0 fully saturated rings. The van der Waals surface area contributed by atoms with Crippen LogP contribution in [0.15, 0.2) is 18.2 Å². The van der Waals surface area contributed by atoms with Gasteiger partial charge in [-0.25, -0.2) is 0 Å². The lowest BCUT2D eigenvalue weighted by atomic mass is 10.1. The second kappa shape index (κ2) is 9.71. The fourth-order valence-corrected chi connectivity index (χ4v) is 3.46.